The summed E-state index contributed by atoms with van der Waals surface area (Å²) in [5.41, 5.74) is -0.130. The van der Waals surface area contributed by atoms with Crippen LogP contribution in [0.25, 0.3) is 0 Å². The van der Waals surface area contributed by atoms with Crippen LogP contribution in [-0.4, -0.2) is 171 Å². The van der Waals surface area contributed by atoms with Gasteiger partial charge in [0.15, 0.2) is 61.6 Å². The van der Waals surface area contributed by atoms with Gasteiger partial charge in [-0.2, -0.15) is 0 Å². The third-order valence-electron chi connectivity index (χ3n) is 13.6. The zero-order valence-electron chi connectivity index (χ0n) is 47.7. The number of aliphatic hydroxyl groups is 1. The minimum Gasteiger partial charge on any atom is -0.497 e. The minimum absolute atomic E-state index is 0.00965. The van der Waals surface area contributed by atoms with Crippen LogP contribution in [0.2, 0.25) is 0 Å². The fraction of sp³-hybridized carbons (Fsp3) is 0.371. The van der Waals surface area contributed by atoms with Crippen molar-refractivity contribution in [2.45, 2.75) is 127 Å². The van der Waals surface area contributed by atoms with E-state index in [1.807, 2.05) is 0 Å². The lowest BCUT2D eigenvalue weighted by atomic mass is 9.95. The van der Waals surface area contributed by atoms with E-state index in [1.54, 1.807) is 48.5 Å². The zero-order valence-corrected chi connectivity index (χ0v) is 47.7. The molecule has 8 rings (SSSR count). The Morgan fingerprint density at radius 3 is 1.15 bits per heavy atom. The van der Waals surface area contributed by atoms with E-state index in [-0.39, 0.29) is 27.8 Å². The molecule has 5 aromatic rings. The molecule has 0 unspecified atom stereocenters. The van der Waals surface area contributed by atoms with E-state index in [9.17, 15) is 48.3 Å². The van der Waals surface area contributed by atoms with E-state index in [0.717, 1.165) is 27.7 Å². The van der Waals surface area contributed by atoms with Gasteiger partial charge in [-0.25, -0.2) is 24.0 Å². The summed E-state index contributed by atoms with van der Waals surface area (Å²) in [6, 6.07) is 35.8. The summed E-state index contributed by atoms with van der Waals surface area (Å²) in [5, 5.41) is 11.6. The first-order valence-corrected chi connectivity index (χ1v) is 27.2. The molecule has 15 atom stereocenters. The molecule has 0 amide bonds. The fourth-order valence-corrected chi connectivity index (χ4v) is 9.62. The van der Waals surface area contributed by atoms with Gasteiger partial charge in [0.2, 0.25) is 0 Å². The molecule has 1 N–H and O–H groups in total. The minimum atomic E-state index is -2.11. The van der Waals surface area contributed by atoms with E-state index < -0.39 is 159 Å². The largest absolute Gasteiger partial charge is 0.497 e. The summed E-state index contributed by atoms with van der Waals surface area (Å²) in [5.74, 6) is -8.58. The molecule has 3 fully saturated rings. The lowest BCUT2D eigenvalue weighted by Gasteiger charge is -2.50. The topological polar surface area (TPSA) is 312 Å². The maximum atomic E-state index is 14.7. The SMILES string of the molecule is COc1ccc(C(=O)OC[C@H]2O[C@@H](O[C@H]3[C@H](OC(=O)c4ccccc4)[C@@H](OC(=O)c4ccccc4)[C@H](O)O[C@@H]3C)[C@H](OC(=O)c3ccccc3)[C@@H](OC(=O)c3ccccc3)[C@H]2O[C@H]2O[C@H](COC(C)=O)[C@@H](OC(C)=O)[C@H](OC(C)=O)[C@H]2OC(C)=O)cc1. The Hall–Kier alpha value is -9.11. The van der Waals surface area contributed by atoms with E-state index >= 15 is 0 Å². The molecular formula is C62H62O25. The predicted octanol–water partition coefficient (Wildman–Crippen LogP) is 5.07. The van der Waals surface area contributed by atoms with Crippen LogP contribution in [0, 0.1) is 0 Å². The fourth-order valence-electron chi connectivity index (χ4n) is 9.62. The molecule has 25 nitrogen and oxygen atoms in total. The monoisotopic (exact) mass is 1210 g/mol. The van der Waals surface area contributed by atoms with E-state index in [4.69, 9.17) is 71.1 Å². The van der Waals surface area contributed by atoms with Crippen LogP contribution >= 0.6 is 0 Å². The van der Waals surface area contributed by atoms with E-state index in [0.29, 0.717) is 5.75 Å². The number of benzene rings is 5. The number of esters is 9. The summed E-state index contributed by atoms with van der Waals surface area (Å²) in [7, 11) is 1.42. The first-order valence-electron chi connectivity index (χ1n) is 27.2. The number of aliphatic hydroxyl groups excluding tert-OH is 1. The Bertz CT molecular complexity index is 3180. The van der Waals surface area contributed by atoms with Crippen molar-refractivity contribution in [2.75, 3.05) is 20.3 Å². The first kappa shape index (κ1) is 63.9. The molecule has 3 saturated heterocycles. The maximum Gasteiger partial charge on any atom is 0.338 e. The smallest absolute Gasteiger partial charge is 0.338 e. The second kappa shape index (κ2) is 29.8. The quantitative estimate of drug-likeness (QED) is 0.0740. The Balaban J connectivity index is 1.30. The number of hydrogen-bond acceptors (Lipinski definition) is 25. The van der Waals surface area contributed by atoms with E-state index in [1.165, 1.54) is 111 Å². The van der Waals surface area contributed by atoms with Gasteiger partial charge in [-0.15, -0.1) is 0 Å². The maximum absolute atomic E-state index is 14.7. The molecule has 3 heterocycles. The van der Waals surface area contributed by atoms with Crippen LogP contribution in [-0.2, 0) is 85.5 Å². The Kier molecular flexibility index (Phi) is 21.9. The van der Waals surface area contributed by atoms with Gasteiger partial charge in [0.1, 0.15) is 43.4 Å². The Morgan fingerprint density at radius 1 is 0.368 bits per heavy atom. The molecule has 25 heteroatoms. The highest BCUT2D eigenvalue weighted by Gasteiger charge is 2.60. The number of rotatable bonds is 21. The molecule has 0 radical (unpaired) electrons. The van der Waals surface area contributed by atoms with Crippen molar-refractivity contribution in [1.82, 2.24) is 0 Å². The lowest BCUT2D eigenvalue weighted by molar-refractivity contribution is -0.374. The normalized spacial score (nSPS) is 26.7. The molecule has 3 aliphatic rings. The van der Waals surface area contributed by atoms with Crippen molar-refractivity contribution >= 4 is 53.7 Å². The van der Waals surface area contributed by atoms with Gasteiger partial charge in [-0.05, 0) is 79.7 Å². The van der Waals surface area contributed by atoms with Crippen LogP contribution < -0.4 is 4.74 Å². The second-order valence-electron chi connectivity index (χ2n) is 19.8. The van der Waals surface area contributed by atoms with Crippen LogP contribution in [0.1, 0.15) is 86.4 Å². The third kappa shape index (κ3) is 16.7. The van der Waals surface area contributed by atoms with Crippen LogP contribution in [0.4, 0.5) is 0 Å². The molecular weight excluding hydrogens is 1140 g/mol. The van der Waals surface area contributed by atoms with Crippen LogP contribution in [0.3, 0.4) is 0 Å². The molecule has 0 saturated carbocycles. The Morgan fingerprint density at radius 2 is 0.713 bits per heavy atom. The third-order valence-corrected chi connectivity index (χ3v) is 13.6. The summed E-state index contributed by atoms with van der Waals surface area (Å²) >= 11 is 0. The number of ether oxygens (including phenoxy) is 15. The highest BCUT2D eigenvalue weighted by molar-refractivity contribution is 5.92. The Labute approximate surface area is 497 Å². The zero-order chi connectivity index (χ0) is 62.3. The van der Waals surface area contributed by atoms with Crippen LogP contribution in [0.15, 0.2) is 146 Å². The summed E-state index contributed by atoms with van der Waals surface area (Å²) < 4.78 is 90.8. The van der Waals surface area contributed by atoms with Gasteiger partial charge in [-0.3, -0.25) is 19.2 Å². The molecule has 0 bridgehead atoms. The number of carbonyl (C=O) groups excluding carboxylic acids is 9. The molecule has 0 spiro atoms. The van der Waals surface area contributed by atoms with Crippen molar-refractivity contribution < 1.29 is 119 Å². The molecule has 5 aromatic carbocycles. The van der Waals surface area contributed by atoms with Gasteiger partial charge in [-0.1, -0.05) is 72.8 Å². The van der Waals surface area contributed by atoms with Gasteiger partial charge < -0.3 is 76.2 Å². The summed E-state index contributed by atoms with van der Waals surface area (Å²) in [6.45, 7) is 3.86. The lowest BCUT2D eigenvalue weighted by Crippen LogP contribution is -2.68. The average molecular weight is 1210 g/mol. The molecule has 87 heavy (non-hydrogen) atoms. The van der Waals surface area contributed by atoms with Crippen molar-refractivity contribution in [2.24, 2.45) is 0 Å². The van der Waals surface area contributed by atoms with Gasteiger partial charge >= 0.3 is 53.7 Å². The second-order valence-corrected chi connectivity index (χ2v) is 19.8. The average Bonchev–Trinajstić information content (AvgIpc) is 1.61. The number of carbonyl (C=O) groups is 9. The molecule has 0 aromatic heterocycles. The summed E-state index contributed by atoms with van der Waals surface area (Å²) in [6.07, 6.45) is -28.0. The molecule has 3 aliphatic heterocycles. The van der Waals surface area contributed by atoms with Crippen molar-refractivity contribution in [1.29, 1.82) is 0 Å². The number of hydrogen-bond donors (Lipinski definition) is 1. The molecule has 460 valence electrons. The first-order chi connectivity index (χ1) is 41.8. The summed E-state index contributed by atoms with van der Waals surface area (Å²) in [4.78, 5) is 123. The number of methoxy groups -OCH3 is 1. The van der Waals surface area contributed by atoms with E-state index in [2.05, 4.69) is 0 Å². The van der Waals surface area contributed by atoms with Crippen LogP contribution in [0.5, 0.6) is 5.75 Å². The highest BCUT2D eigenvalue weighted by Crippen LogP contribution is 2.39. The standard InChI is InChI=1S/C62H62O25/c1-33-46(49(82-56(68)38-19-11-7-12-20-38)52(60(72)76-33)84-58(70)40-23-15-9-16-24-40)86-62-54(85-59(71)41-25-17-10-18-26-41)51(83-57(69)39-21-13-8-14-22-39)48(45(81-62)32-75-55(67)42-27-29-43(73-6)30-28-42)87-61-53(79-37(5)66)50(78-36(4)65)47(77-35(3)64)44(80-61)31-74-34(2)63/h7-30,33,44-54,60-62,72H,31-32H2,1-6H3/t33-,44-,45-,46-,47-,48+,49+,50+,51+,52-,53-,54-,60-,61-,62+/m1/s1. The van der Waals surface area contributed by atoms with Gasteiger partial charge in [0.25, 0.3) is 0 Å². The van der Waals surface area contributed by atoms with Gasteiger partial charge in [0.05, 0.1) is 41.0 Å². The van der Waals surface area contributed by atoms with Crippen molar-refractivity contribution in [3.8, 4) is 5.75 Å². The highest BCUT2D eigenvalue weighted by atomic mass is 16.8. The van der Waals surface area contributed by atoms with Crippen molar-refractivity contribution in [3.05, 3.63) is 173 Å². The van der Waals surface area contributed by atoms with Crippen molar-refractivity contribution in [3.63, 3.8) is 0 Å². The predicted molar refractivity (Wildman–Crippen MR) is 293 cm³/mol. The molecule has 0 aliphatic carbocycles. The van der Waals surface area contributed by atoms with Gasteiger partial charge in [0, 0.05) is 27.7 Å².